The molecule has 84 valence electrons. The molecule has 1 aromatic heterocycles. The number of rotatable bonds is 0. The highest BCUT2D eigenvalue weighted by Crippen LogP contribution is 2.20. The maximum absolute atomic E-state index is 11.8. The third-order valence-corrected chi connectivity index (χ3v) is 2.61. The predicted molar refractivity (Wildman–Crippen MR) is 66.1 cm³/mol. The number of benzene rings is 1. The van der Waals surface area contributed by atoms with Crippen LogP contribution in [0.4, 0.5) is 0 Å². The number of fused-ring (bicyclic) bond motifs is 1. The van der Waals surface area contributed by atoms with Crippen molar-refractivity contribution in [2.45, 2.75) is 26.2 Å². The number of nitrogens with one attached hydrogen (secondary N) is 1. The van der Waals surface area contributed by atoms with Crippen molar-refractivity contribution in [3.63, 3.8) is 0 Å². The molecule has 0 amide bonds. The van der Waals surface area contributed by atoms with Gasteiger partial charge in [0.1, 0.15) is 5.82 Å². The summed E-state index contributed by atoms with van der Waals surface area (Å²) in [5, 5.41) is 1.16. The van der Waals surface area contributed by atoms with Gasteiger partial charge in [0.2, 0.25) is 0 Å². The number of H-pyrrole nitrogens is 1. The van der Waals surface area contributed by atoms with E-state index < -0.39 is 0 Å². The molecule has 2 rings (SSSR count). The smallest absolute Gasteiger partial charge is 0.258 e. The highest BCUT2D eigenvalue weighted by molar-refractivity contribution is 6.31. The summed E-state index contributed by atoms with van der Waals surface area (Å²) in [4.78, 5) is 19.0. The summed E-state index contributed by atoms with van der Waals surface area (Å²) < 4.78 is 0. The molecule has 0 bridgehead atoms. The molecule has 0 saturated carbocycles. The van der Waals surface area contributed by atoms with Crippen molar-refractivity contribution in [2.24, 2.45) is 0 Å². The van der Waals surface area contributed by atoms with Gasteiger partial charge in [-0.05, 0) is 18.2 Å². The largest absolute Gasteiger partial charge is 0.310 e. The molecule has 0 aliphatic carbocycles. The molecule has 16 heavy (non-hydrogen) atoms. The van der Waals surface area contributed by atoms with Crippen molar-refractivity contribution in [2.75, 3.05) is 0 Å². The van der Waals surface area contributed by atoms with Gasteiger partial charge in [-0.2, -0.15) is 0 Å². The Morgan fingerprint density at radius 3 is 2.62 bits per heavy atom. The number of hydrogen-bond donors (Lipinski definition) is 1. The van der Waals surface area contributed by atoms with Crippen molar-refractivity contribution in [1.82, 2.24) is 9.97 Å². The van der Waals surface area contributed by atoms with E-state index in [9.17, 15) is 4.79 Å². The van der Waals surface area contributed by atoms with E-state index in [1.54, 1.807) is 18.2 Å². The average molecular weight is 237 g/mol. The Hall–Kier alpha value is -1.35. The Bertz CT molecular complexity index is 596. The first-order chi connectivity index (χ1) is 7.38. The minimum atomic E-state index is -0.185. The van der Waals surface area contributed by atoms with E-state index in [2.05, 4.69) is 9.97 Å². The Balaban J connectivity index is 2.80. The zero-order valence-electron chi connectivity index (χ0n) is 9.47. The Labute approximate surface area is 98.5 Å². The standard InChI is InChI=1S/C12H13ClN2O/c1-12(2,3)11-14-9-6-7(13)4-5-8(9)10(16)15-11/h4-6H,1-3H3,(H,14,15,16). The molecule has 2 aromatic rings. The van der Waals surface area contributed by atoms with Crippen molar-refractivity contribution >= 4 is 22.5 Å². The van der Waals surface area contributed by atoms with Crippen LogP contribution in [0.2, 0.25) is 5.02 Å². The molecule has 0 fully saturated rings. The first kappa shape index (κ1) is 11.1. The molecule has 0 aliphatic heterocycles. The third kappa shape index (κ3) is 1.95. The first-order valence-electron chi connectivity index (χ1n) is 5.08. The zero-order chi connectivity index (χ0) is 11.9. The summed E-state index contributed by atoms with van der Waals surface area (Å²) in [6.07, 6.45) is 0. The average Bonchev–Trinajstić information content (AvgIpc) is 2.15. The minimum Gasteiger partial charge on any atom is -0.310 e. The zero-order valence-corrected chi connectivity index (χ0v) is 10.2. The number of hydrogen-bond acceptors (Lipinski definition) is 2. The van der Waals surface area contributed by atoms with E-state index in [1.165, 1.54) is 0 Å². The second-order valence-electron chi connectivity index (χ2n) is 4.83. The first-order valence-corrected chi connectivity index (χ1v) is 5.46. The van der Waals surface area contributed by atoms with Crippen LogP contribution in [-0.2, 0) is 5.41 Å². The number of halogens is 1. The van der Waals surface area contributed by atoms with Crippen LogP contribution in [-0.4, -0.2) is 9.97 Å². The van der Waals surface area contributed by atoms with E-state index in [0.717, 1.165) is 0 Å². The lowest BCUT2D eigenvalue weighted by Crippen LogP contribution is -2.22. The van der Waals surface area contributed by atoms with Crippen LogP contribution in [0.3, 0.4) is 0 Å². The van der Waals surface area contributed by atoms with Crippen LogP contribution >= 0.6 is 11.6 Å². The predicted octanol–water partition coefficient (Wildman–Crippen LogP) is 2.87. The molecular weight excluding hydrogens is 224 g/mol. The molecule has 1 aromatic carbocycles. The number of aromatic amines is 1. The van der Waals surface area contributed by atoms with Gasteiger partial charge < -0.3 is 4.98 Å². The van der Waals surface area contributed by atoms with E-state index in [-0.39, 0.29) is 11.0 Å². The SMILES string of the molecule is CC(C)(C)c1nc2cc(Cl)ccc2c(=O)[nH]1. The summed E-state index contributed by atoms with van der Waals surface area (Å²) in [6.45, 7) is 6.00. The molecule has 4 heteroatoms. The highest BCUT2D eigenvalue weighted by atomic mass is 35.5. The summed E-state index contributed by atoms with van der Waals surface area (Å²) >= 11 is 5.89. The summed E-state index contributed by atoms with van der Waals surface area (Å²) in [6, 6.07) is 5.09. The third-order valence-electron chi connectivity index (χ3n) is 2.38. The van der Waals surface area contributed by atoms with E-state index >= 15 is 0 Å². The van der Waals surface area contributed by atoms with E-state index in [0.29, 0.717) is 21.7 Å². The number of nitrogens with zero attached hydrogens (tertiary/aromatic N) is 1. The van der Waals surface area contributed by atoms with Gasteiger partial charge in [-0.3, -0.25) is 4.79 Å². The van der Waals surface area contributed by atoms with Crippen LogP contribution in [0.1, 0.15) is 26.6 Å². The Kier molecular flexibility index (Phi) is 2.50. The van der Waals surface area contributed by atoms with E-state index in [1.807, 2.05) is 20.8 Å². The molecule has 0 aliphatic rings. The van der Waals surface area contributed by atoms with Gasteiger partial charge >= 0.3 is 0 Å². The molecule has 0 radical (unpaired) electrons. The normalized spacial score (nSPS) is 12.0. The fourth-order valence-corrected chi connectivity index (χ4v) is 1.63. The Morgan fingerprint density at radius 1 is 1.31 bits per heavy atom. The lowest BCUT2D eigenvalue weighted by atomic mass is 9.95. The molecular formula is C12H13ClN2O. The molecule has 0 saturated heterocycles. The molecule has 3 nitrogen and oxygen atoms in total. The van der Waals surface area contributed by atoms with Gasteiger partial charge in [0.05, 0.1) is 10.9 Å². The van der Waals surface area contributed by atoms with Gasteiger partial charge in [0.15, 0.2) is 0 Å². The van der Waals surface area contributed by atoms with Gasteiger partial charge in [-0.1, -0.05) is 32.4 Å². The molecule has 0 spiro atoms. The molecule has 0 unspecified atom stereocenters. The highest BCUT2D eigenvalue weighted by Gasteiger charge is 2.17. The van der Waals surface area contributed by atoms with Gasteiger partial charge in [0.25, 0.3) is 5.56 Å². The lowest BCUT2D eigenvalue weighted by molar-refractivity contribution is 0.546. The second-order valence-corrected chi connectivity index (χ2v) is 5.26. The van der Waals surface area contributed by atoms with Crippen molar-refractivity contribution in [3.8, 4) is 0 Å². The van der Waals surface area contributed by atoms with Crippen molar-refractivity contribution < 1.29 is 0 Å². The Morgan fingerprint density at radius 2 is 2.00 bits per heavy atom. The maximum atomic E-state index is 11.8. The number of aromatic nitrogens is 2. The fraction of sp³-hybridized carbons (Fsp3) is 0.333. The monoisotopic (exact) mass is 236 g/mol. The topological polar surface area (TPSA) is 45.8 Å². The summed E-state index contributed by atoms with van der Waals surface area (Å²) in [5.41, 5.74) is 0.336. The van der Waals surface area contributed by atoms with Crippen LogP contribution in [0.25, 0.3) is 10.9 Å². The summed E-state index contributed by atoms with van der Waals surface area (Å²) in [5.74, 6) is 0.673. The molecule has 1 N–H and O–H groups in total. The molecule has 1 heterocycles. The van der Waals surface area contributed by atoms with Crippen LogP contribution in [0, 0.1) is 0 Å². The van der Waals surface area contributed by atoms with Crippen LogP contribution in [0.15, 0.2) is 23.0 Å². The quantitative estimate of drug-likeness (QED) is 0.765. The van der Waals surface area contributed by atoms with Crippen LogP contribution < -0.4 is 5.56 Å². The van der Waals surface area contributed by atoms with Gasteiger partial charge in [0, 0.05) is 10.4 Å². The fourth-order valence-electron chi connectivity index (χ4n) is 1.47. The van der Waals surface area contributed by atoms with E-state index in [4.69, 9.17) is 11.6 Å². The van der Waals surface area contributed by atoms with Crippen LogP contribution in [0.5, 0.6) is 0 Å². The minimum absolute atomic E-state index is 0.119. The summed E-state index contributed by atoms with van der Waals surface area (Å²) in [7, 11) is 0. The second kappa shape index (κ2) is 3.59. The molecule has 0 atom stereocenters. The van der Waals surface area contributed by atoms with Crippen molar-refractivity contribution in [1.29, 1.82) is 0 Å². The maximum Gasteiger partial charge on any atom is 0.258 e. The lowest BCUT2D eigenvalue weighted by Gasteiger charge is -2.17. The van der Waals surface area contributed by atoms with Gasteiger partial charge in [-0.15, -0.1) is 0 Å². The van der Waals surface area contributed by atoms with Gasteiger partial charge in [-0.25, -0.2) is 4.98 Å². The van der Waals surface area contributed by atoms with Crippen molar-refractivity contribution in [3.05, 3.63) is 39.4 Å².